The third-order valence-corrected chi connectivity index (χ3v) is 4.01. The Morgan fingerprint density at radius 2 is 1.77 bits per heavy atom. The lowest BCUT2D eigenvalue weighted by Crippen LogP contribution is -2.34. The van der Waals surface area contributed by atoms with Crippen LogP contribution in [-0.2, 0) is 6.54 Å². The number of aliphatic imine (C=N–C) groups is 1. The summed E-state index contributed by atoms with van der Waals surface area (Å²) in [6.07, 6.45) is 0.847. The van der Waals surface area contributed by atoms with Gasteiger partial charge >= 0.3 is 0 Å². The van der Waals surface area contributed by atoms with Crippen molar-refractivity contribution in [3.05, 3.63) is 72.3 Å². The van der Waals surface area contributed by atoms with Crippen molar-refractivity contribution < 1.29 is 0 Å². The molecule has 1 atom stereocenters. The number of amidine groups is 1. The molecule has 3 rings (SSSR count). The molecule has 2 radical (unpaired) electrons. The van der Waals surface area contributed by atoms with Crippen LogP contribution < -0.4 is 0 Å². The molecule has 0 spiro atoms. The molecule has 22 heavy (non-hydrogen) atoms. The van der Waals surface area contributed by atoms with Gasteiger partial charge in [-0.05, 0) is 17.4 Å². The molecule has 2 aromatic carbocycles. The highest BCUT2D eigenvalue weighted by Gasteiger charge is 2.25. The van der Waals surface area contributed by atoms with Gasteiger partial charge in [0.1, 0.15) is 5.84 Å². The molecule has 0 fully saturated rings. The zero-order chi connectivity index (χ0) is 15.5. The van der Waals surface area contributed by atoms with Gasteiger partial charge in [-0.1, -0.05) is 68.5 Å². The Kier molecular flexibility index (Phi) is 4.14. The zero-order valence-corrected chi connectivity index (χ0v) is 12.9. The quantitative estimate of drug-likeness (QED) is 0.752. The number of rotatable bonds is 4. The van der Waals surface area contributed by atoms with Crippen LogP contribution in [0.5, 0.6) is 0 Å². The van der Waals surface area contributed by atoms with Crippen molar-refractivity contribution in [1.29, 1.82) is 0 Å². The molecule has 1 aliphatic rings. The lowest BCUT2D eigenvalue weighted by Gasteiger charge is -2.35. The minimum absolute atomic E-state index is 0.0891. The zero-order valence-electron chi connectivity index (χ0n) is 12.9. The van der Waals surface area contributed by atoms with Crippen molar-refractivity contribution in [2.45, 2.75) is 25.7 Å². The average molecular weight is 286 g/mol. The van der Waals surface area contributed by atoms with Gasteiger partial charge in [-0.2, -0.15) is 0 Å². The van der Waals surface area contributed by atoms with Crippen molar-refractivity contribution in [3.63, 3.8) is 0 Å². The van der Waals surface area contributed by atoms with Crippen LogP contribution in [0, 0.1) is 0 Å². The van der Waals surface area contributed by atoms with E-state index in [0.717, 1.165) is 35.7 Å². The summed E-state index contributed by atoms with van der Waals surface area (Å²) in [5, 5.41) is 0. The summed E-state index contributed by atoms with van der Waals surface area (Å²) in [6, 6.07) is 18.4. The highest BCUT2D eigenvalue weighted by Crippen LogP contribution is 2.36. The van der Waals surface area contributed by atoms with Crippen LogP contribution >= 0.6 is 0 Å². The molecule has 0 aromatic heterocycles. The van der Waals surface area contributed by atoms with E-state index in [1.807, 2.05) is 36.4 Å². The second-order valence-electron chi connectivity index (χ2n) is 5.52. The van der Waals surface area contributed by atoms with Crippen LogP contribution in [0.4, 0.5) is 5.69 Å². The molecule has 1 heterocycles. The van der Waals surface area contributed by atoms with Gasteiger partial charge in [0.25, 0.3) is 0 Å². The summed E-state index contributed by atoms with van der Waals surface area (Å²) < 4.78 is 0. The van der Waals surface area contributed by atoms with E-state index in [0.29, 0.717) is 0 Å². The fraction of sp³-hybridized carbons (Fsp3) is 0.211. The van der Waals surface area contributed by atoms with Gasteiger partial charge in [0.05, 0.1) is 13.5 Å². The first kappa shape index (κ1) is 14.6. The third-order valence-electron chi connectivity index (χ3n) is 4.01. The Morgan fingerprint density at radius 1 is 1.09 bits per heavy atom. The molecule has 1 unspecified atom stereocenters. The molecular formula is C19H19BN2. The molecule has 2 nitrogen and oxygen atoms in total. The first-order chi connectivity index (χ1) is 10.7. The van der Waals surface area contributed by atoms with Gasteiger partial charge in [-0.25, -0.2) is 4.99 Å². The lowest BCUT2D eigenvalue weighted by atomic mass is 9.82. The summed E-state index contributed by atoms with van der Waals surface area (Å²) in [4.78, 5) is 6.95. The molecule has 2 aromatic rings. The first-order valence-electron chi connectivity index (χ1n) is 7.64. The lowest BCUT2D eigenvalue weighted by molar-refractivity contribution is 0.557. The molecule has 0 bridgehead atoms. The smallest absolute Gasteiger partial charge is 0.104 e. The van der Waals surface area contributed by atoms with E-state index in [4.69, 9.17) is 12.8 Å². The number of para-hydroxylation sites is 1. The van der Waals surface area contributed by atoms with Gasteiger partial charge in [-0.3, -0.25) is 0 Å². The maximum absolute atomic E-state index is 6.30. The second kappa shape index (κ2) is 6.23. The Labute approximate surface area is 133 Å². The maximum Gasteiger partial charge on any atom is 0.104 e. The monoisotopic (exact) mass is 286 g/mol. The van der Waals surface area contributed by atoms with Gasteiger partial charge in [0, 0.05) is 17.8 Å². The average Bonchev–Trinajstić information content (AvgIpc) is 2.57. The van der Waals surface area contributed by atoms with Gasteiger partial charge in [-0.15, -0.1) is 0 Å². The normalized spacial score (nSPS) is 15.2. The topological polar surface area (TPSA) is 15.6 Å². The van der Waals surface area contributed by atoms with Crippen LogP contribution in [-0.4, -0.2) is 18.6 Å². The van der Waals surface area contributed by atoms with Crippen LogP contribution in [0.25, 0.3) is 5.70 Å². The van der Waals surface area contributed by atoms with Crippen LogP contribution in [0.3, 0.4) is 0 Å². The van der Waals surface area contributed by atoms with Crippen LogP contribution in [0.2, 0.25) is 5.82 Å². The number of hydrogen-bond donors (Lipinski definition) is 0. The predicted molar refractivity (Wildman–Crippen MR) is 94.4 cm³/mol. The van der Waals surface area contributed by atoms with E-state index in [-0.39, 0.29) is 5.82 Å². The molecular weight excluding hydrogens is 267 g/mol. The van der Waals surface area contributed by atoms with Gasteiger partial charge in [0.2, 0.25) is 0 Å². The van der Waals surface area contributed by atoms with E-state index >= 15 is 0 Å². The Balaban J connectivity index is 2.02. The van der Waals surface area contributed by atoms with E-state index in [2.05, 4.69) is 36.6 Å². The van der Waals surface area contributed by atoms with Crippen molar-refractivity contribution >= 4 is 25.1 Å². The van der Waals surface area contributed by atoms with E-state index in [1.165, 1.54) is 5.56 Å². The Bertz CT molecular complexity index is 706. The highest BCUT2D eigenvalue weighted by atomic mass is 15.2. The van der Waals surface area contributed by atoms with E-state index in [9.17, 15) is 0 Å². The minimum Gasteiger partial charge on any atom is -0.326 e. The summed E-state index contributed by atoms with van der Waals surface area (Å²) >= 11 is 0. The third kappa shape index (κ3) is 2.71. The van der Waals surface area contributed by atoms with Crippen molar-refractivity contribution in [2.75, 3.05) is 0 Å². The molecule has 108 valence electrons. The number of benzene rings is 2. The Morgan fingerprint density at radius 3 is 2.50 bits per heavy atom. The summed E-state index contributed by atoms with van der Waals surface area (Å²) in [6.45, 7) is 7.11. The number of nitrogens with zero attached hydrogens (tertiary/aromatic N) is 2. The standard InChI is InChI=1S/C19H19BN2/c1-3-17(20)19-21-18-12-8-7-11-16(18)14(2)22(19)13-15-9-5-4-6-10-15/h4-12,17H,2-3,13H2,1H3. The van der Waals surface area contributed by atoms with Crippen molar-refractivity contribution in [3.8, 4) is 0 Å². The second-order valence-corrected chi connectivity index (χ2v) is 5.52. The summed E-state index contributed by atoms with van der Waals surface area (Å²) in [5.41, 5.74) is 4.22. The van der Waals surface area contributed by atoms with Gasteiger partial charge < -0.3 is 4.90 Å². The molecule has 0 aliphatic carbocycles. The van der Waals surface area contributed by atoms with Crippen LogP contribution in [0.15, 0.2) is 66.2 Å². The van der Waals surface area contributed by atoms with Crippen molar-refractivity contribution in [2.24, 2.45) is 4.99 Å². The SMILES string of the molecule is [B]C(CC)C1=Nc2ccccc2C(=C)N1Cc1ccccc1. The molecule has 3 heteroatoms. The Hall–Kier alpha value is -2.29. The summed E-state index contributed by atoms with van der Waals surface area (Å²) in [5.74, 6) is 0.809. The van der Waals surface area contributed by atoms with E-state index in [1.54, 1.807) is 0 Å². The van der Waals surface area contributed by atoms with Crippen molar-refractivity contribution in [1.82, 2.24) is 4.90 Å². The predicted octanol–water partition coefficient (Wildman–Crippen LogP) is 4.57. The van der Waals surface area contributed by atoms with Crippen LogP contribution in [0.1, 0.15) is 24.5 Å². The number of hydrogen-bond acceptors (Lipinski definition) is 2. The molecule has 0 saturated heterocycles. The first-order valence-corrected chi connectivity index (χ1v) is 7.64. The fourth-order valence-electron chi connectivity index (χ4n) is 2.69. The maximum atomic E-state index is 6.30. The molecule has 0 N–H and O–H groups in total. The molecule has 1 aliphatic heterocycles. The fourth-order valence-corrected chi connectivity index (χ4v) is 2.69. The molecule has 0 saturated carbocycles. The number of fused-ring (bicyclic) bond motifs is 1. The van der Waals surface area contributed by atoms with Gasteiger partial charge in [0.15, 0.2) is 0 Å². The summed E-state index contributed by atoms with van der Waals surface area (Å²) in [7, 11) is 6.30. The van der Waals surface area contributed by atoms with E-state index < -0.39 is 0 Å². The minimum atomic E-state index is -0.0891. The highest BCUT2D eigenvalue weighted by molar-refractivity contribution is 6.26. The largest absolute Gasteiger partial charge is 0.326 e. The molecule has 0 amide bonds.